The summed E-state index contributed by atoms with van der Waals surface area (Å²) in [7, 11) is 1.55. The molecule has 0 bridgehead atoms. The molecule has 0 aromatic heterocycles. The molecular formula is C8H8ClIO2. The number of hydrogen-bond acceptors (Lipinski definition) is 2. The van der Waals surface area contributed by atoms with Crippen molar-refractivity contribution in [1.29, 1.82) is 0 Å². The molecular weight excluding hydrogens is 290 g/mol. The van der Waals surface area contributed by atoms with Gasteiger partial charge in [0.05, 0.1) is 18.7 Å². The lowest BCUT2D eigenvalue weighted by molar-refractivity contribution is 0.273. The molecule has 66 valence electrons. The molecule has 4 heteroatoms. The zero-order valence-electron chi connectivity index (χ0n) is 6.47. The zero-order chi connectivity index (χ0) is 9.14. The Kier molecular flexibility index (Phi) is 3.61. The molecule has 12 heavy (non-hydrogen) atoms. The Morgan fingerprint density at radius 3 is 2.75 bits per heavy atom. The Morgan fingerprint density at radius 2 is 2.25 bits per heavy atom. The third-order valence-corrected chi connectivity index (χ3v) is 3.02. The number of hydrogen-bond donors (Lipinski definition) is 1. The third kappa shape index (κ3) is 2.02. The Morgan fingerprint density at radius 1 is 1.58 bits per heavy atom. The molecule has 0 saturated heterocycles. The molecule has 0 radical (unpaired) electrons. The third-order valence-electron chi connectivity index (χ3n) is 1.49. The molecule has 0 amide bonds. The maximum absolute atomic E-state index is 8.94. The molecule has 0 saturated carbocycles. The first-order valence-corrected chi connectivity index (χ1v) is 4.77. The second kappa shape index (κ2) is 4.30. The van der Waals surface area contributed by atoms with E-state index in [0.29, 0.717) is 10.8 Å². The first kappa shape index (κ1) is 10.1. The first-order chi connectivity index (χ1) is 5.69. The molecule has 0 atom stereocenters. The number of aliphatic hydroxyl groups excluding tert-OH is 1. The van der Waals surface area contributed by atoms with Crippen LogP contribution < -0.4 is 4.74 Å². The highest BCUT2D eigenvalue weighted by Gasteiger charge is 2.05. The lowest BCUT2D eigenvalue weighted by Crippen LogP contribution is -1.92. The van der Waals surface area contributed by atoms with Gasteiger partial charge in [0.25, 0.3) is 0 Å². The van der Waals surface area contributed by atoms with Gasteiger partial charge in [-0.15, -0.1) is 0 Å². The molecule has 0 fully saturated rings. The average molecular weight is 299 g/mol. The van der Waals surface area contributed by atoms with Gasteiger partial charge in [-0.05, 0) is 28.7 Å². The maximum atomic E-state index is 8.94. The zero-order valence-corrected chi connectivity index (χ0v) is 9.39. The molecule has 0 unspecified atom stereocenters. The minimum Gasteiger partial charge on any atom is -0.496 e. The van der Waals surface area contributed by atoms with Crippen molar-refractivity contribution in [3.8, 4) is 5.75 Å². The van der Waals surface area contributed by atoms with Crippen molar-refractivity contribution in [2.75, 3.05) is 7.11 Å². The molecule has 0 aliphatic heterocycles. The lowest BCUT2D eigenvalue weighted by Gasteiger charge is -2.07. The van der Waals surface area contributed by atoms with Gasteiger partial charge in [0.1, 0.15) is 5.75 Å². The van der Waals surface area contributed by atoms with Crippen molar-refractivity contribution in [2.24, 2.45) is 0 Å². The van der Waals surface area contributed by atoms with Gasteiger partial charge in [0, 0.05) is 15.2 Å². The molecule has 1 aromatic rings. The monoisotopic (exact) mass is 298 g/mol. The smallest absolute Gasteiger partial charge is 0.125 e. The summed E-state index contributed by atoms with van der Waals surface area (Å²) in [5.74, 6) is 0.628. The fourth-order valence-corrected chi connectivity index (χ4v) is 1.57. The van der Waals surface area contributed by atoms with Gasteiger partial charge in [-0.3, -0.25) is 0 Å². The molecule has 1 rings (SSSR count). The standard InChI is InChI=1S/C8H8ClIO2/c1-12-8-3-6(9)7(10)2-5(8)4-11/h2-3,11H,4H2,1H3. The molecule has 0 spiro atoms. The van der Waals surface area contributed by atoms with E-state index in [4.69, 9.17) is 21.4 Å². The Labute approximate surface area is 89.6 Å². The van der Waals surface area contributed by atoms with E-state index in [0.717, 1.165) is 9.13 Å². The van der Waals surface area contributed by atoms with Crippen LogP contribution in [0.1, 0.15) is 5.56 Å². The van der Waals surface area contributed by atoms with Gasteiger partial charge in [-0.1, -0.05) is 11.6 Å². The highest BCUT2D eigenvalue weighted by Crippen LogP contribution is 2.27. The van der Waals surface area contributed by atoms with Crippen LogP contribution in [-0.4, -0.2) is 12.2 Å². The Balaban J connectivity index is 3.19. The van der Waals surface area contributed by atoms with Gasteiger partial charge < -0.3 is 9.84 Å². The van der Waals surface area contributed by atoms with E-state index in [1.807, 2.05) is 6.07 Å². The second-order valence-corrected chi connectivity index (χ2v) is 3.81. The van der Waals surface area contributed by atoms with Gasteiger partial charge in [0.15, 0.2) is 0 Å². The van der Waals surface area contributed by atoms with Crippen LogP contribution in [0.3, 0.4) is 0 Å². The lowest BCUT2D eigenvalue weighted by atomic mass is 10.2. The van der Waals surface area contributed by atoms with Crippen molar-refractivity contribution in [1.82, 2.24) is 0 Å². The highest BCUT2D eigenvalue weighted by molar-refractivity contribution is 14.1. The van der Waals surface area contributed by atoms with Crippen LogP contribution in [0.5, 0.6) is 5.75 Å². The van der Waals surface area contributed by atoms with E-state index in [2.05, 4.69) is 22.6 Å². The summed E-state index contributed by atoms with van der Waals surface area (Å²) in [6.07, 6.45) is 0. The van der Waals surface area contributed by atoms with Gasteiger partial charge in [-0.25, -0.2) is 0 Å². The van der Waals surface area contributed by atoms with Crippen LogP contribution >= 0.6 is 34.2 Å². The largest absolute Gasteiger partial charge is 0.496 e. The molecule has 0 heterocycles. The number of benzene rings is 1. The summed E-state index contributed by atoms with van der Waals surface area (Å²) in [6, 6.07) is 3.51. The number of halogens is 2. The van der Waals surface area contributed by atoms with Crippen LogP contribution in [0.15, 0.2) is 12.1 Å². The quantitative estimate of drug-likeness (QED) is 0.850. The van der Waals surface area contributed by atoms with Crippen molar-refractivity contribution in [3.63, 3.8) is 0 Å². The van der Waals surface area contributed by atoms with Crippen molar-refractivity contribution >= 4 is 34.2 Å². The van der Waals surface area contributed by atoms with E-state index in [1.165, 1.54) is 0 Å². The van der Waals surface area contributed by atoms with Crippen LogP contribution in [0.25, 0.3) is 0 Å². The van der Waals surface area contributed by atoms with E-state index >= 15 is 0 Å². The van der Waals surface area contributed by atoms with E-state index < -0.39 is 0 Å². The molecule has 1 N–H and O–H groups in total. The summed E-state index contributed by atoms with van der Waals surface area (Å²) >= 11 is 7.96. The summed E-state index contributed by atoms with van der Waals surface area (Å²) in [6.45, 7) is -0.0314. The summed E-state index contributed by atoms with van der Waals surface area (Å²) in [4.78, 5) is 0. The molecule has 1 aromatic carbocycles. The van der Waals surface area contributed by atoms with Crippen molar-refractivity contribution < 1.29 is 9.84 Å². The van der Waals surface area contributed by atoms with E-state index in [1.54, 1.807) is 13.2 Å². The average Bonchev–Trinajstić information content (AvgIpc) is 2.09. The summed E-state index contributed by atoms with van der Waals surface area (Å²) in [5.41, 5.74) is 0.756. The first-order valence-electron chi connectivity index (χ1n) is 3.31. The summed E-state index contributed by atoms with van der Waals surface area (Å²) in [5, 5.41) is 9.58. The van der Waals surface area contributed by atoms with E-state index in [9.17, 15) is 0 Å². The predicted octanol–water partition coefficient (Wildman–Crippen LogP) is 2.45. The highest BCUT2D eigenvalue weighted by atomic mass is 127. The number of methoxy groups -OCH3 is 1. The fraction of sp³-hybridized carbons (Fsp3) is 0.250. The molecule has 0 aliphatic rings. The minimum absolute atomic E-state index is 0.0314. The SMILES string of the molecule is COc1cc(Cl)c(I)cc1CO. The minimum atomic E-state index is -0.0314. The fourth-order valence-electron chi connectivity index (χ4n) is 0.883. The van der Waals surface area contributed by atoms with Crippen LogP contribution in [0.2, 0.25) is 5.02 Å². The van der Waals surface area contributed by atoms with Crippen molar-refractivity contribution in [2.45, 2.75) is 6.61 Å². The number of rotatable bonds is 2. The second-order valence-electron chi connectivity index (χ2n) is 2.24. The molecule has 2 nitrogen and oxygen atoms in total. The number of aliphatic hydroxyl groups is 1. The predicted molar refractivity (Wildman–Crippen MR) is 56.6 cm³/mol. The van der Waals surface area contributed by atoms with Crippen molar-refractivity contribution in [3.05, 3.63) is 26.3 Å². The van der Waals surface area contributed by atoms with Crippen LogP contribution in [0, 0.1) is 3.57 Å². The maximum Gasteiger partial charge on any atom is 0.125 e. The Bertz CT molecular complexity index is 260. The van der Waals surface area contributed by atoms with Crippen LogP contribution in [0.4, 0.5) is 0 Å². The van der Waals surface area contributed by atoms with Crippen LogP contribution in [-0.2, 0) is 6.61 Å². The van der Waals surface area contributed by atoms with E-state index in [-0.39, 0.29) is 6.61 Å². The number of ether oxygens (including phenoxy) is 1. The Hall–Kier alpha value is -0.000000000000000132. The van der Waals surface area contributed by atoms with Gasteiger partial charge in [0.2, 0.25) is 0 Å². The van der Waals surface area contributed by atoms with Gasteiger partial charge in [-0.2, -0.15) is 0 Å². The normalized spacial score (nSPS) is 10.0. The molecule has 0 aliphatic carbocycles. The summed E-state index contributed by atoms with van der Waals surface area (Å²) < 4.78 is 5.94. The topological polar surface area (TPSA) is 29.5 Å². The van der Waals surface area contributed by atoms with Gasteiger partial charge >= 0.3 is 0 Å².